The number of hydrogen-bond donors (Lipinski definition) is 0. The molecule has 1 unspecified atom stereocenters. The fourth-order valence-electron chi connectivity index (χ4n) is 4.57. The molecule has 0 aromatic heterocycles. The molecule has 2 saturated heterocycles. The number of benzene rings is 1. The number of carbonyl (C=O) groups is 1. The third-order valence-corrected chi connectivity index (χ3v) is 6.47. The van der Waals surface area contributed by atoms with Gasteiger partial charge in [-0.25, -0.2) is 4.39 Å². The van der Waals surface area contributed by atoms with Gasteiger partial charge in [0.25, 0.3) is 0 Å². The van der Waals surface area contributed by atoms with Crippen molar-refractivity contribution in [3.63, 3.8) is 0 Å². The lowest BCUT2D eigenvalue weighted by Crippen LogP contribution is -2.50. The summed E-state index contributed by atoms with van der Waals surface area (Å²) in [6.07, 6.45) is 6.88. The Labute approximate surface area is 161 Å². The highest BCUT2D eigenvalue weighted by molar-refractivity contribution is 5.78. The second-order valence-electron chi connectivity index (χ2n) is 8.39. The van der Waals surface area contributed by atoms with Gasteiger partial charge >= 0.3 is 0 Å². The molecule has 3 fully saturated rings. The second-order valence-corrected chi connectivity index (χ2v) is 8.39. The maximum Gasteiger partial charge on any atom is 0.226 e. The fourth-order valence-corrected chi connectivity index (χ4v) is 4.57. The van der Waals surface area contributed by atoms with Crippen LogP contribution in [-0.2, 0) is 20.7 Å². The monoisotopic (exact) mass is 375 g/mol. The molecular weight excluding hydrogens is 345 g/mol. The predicted molar refractivity (Wildman–Crippen MR) is 101 cm³/mol. The summed E-state index contributed by atoms with van der Waals surface area (Å²) in [6.45, 7) is 4.03. The second kappa shape index (κ2) is 8.27. The summed E-state index contributed by atoms with van der Waals surface area (Å²) >= 11 is 0. The summed E-state index contributed by atoms with van der Waals surface area (Å²) in [4.78, 5) is 14.5. The molecule has 1 aromatic carbocycles. The van der Waals surface area contributed by atoms with Gasteiger partial charge in [0.15, 0.2) is 0 Å². The van der Waals surface area contributed by atoms with Crippen LogP contribution >= 0.6 is 0 Å². The molecule has 4 nitrogen and oxygen atoms in total. The molecule has 1 saturated carbocycles. The van der Waals surface area contributed by atoms with Gasteiger partial charge in [0, 0.05) is 32.9 Å². The Bertz CT molecular complexity index is 653. The topological polar surface area (TPSA) is 38.8 Å². The summed E-state index contributed by atoms with van der Waals surface area (Å²) in [6, 6.07) is 6.32. The molecule has 2 heterocycles. The molecule has 1 aromatic rings. The maximum atomic E-state index is 13.3. The fraction of sp³-hybridized carbons (Fsp3) is 0.682. The molecule has 1 atom stereocenters. The van der Waals surface area contributed by atoms with Gasteiger partial charge in [0.2, 0.25) is 5.91 Å². The van der Waals surface area contributed by atoms with Crippen LogP contribution in [0.4, 0.5) is 4.39 Å². The van der Waals surface area contributed by atoms with E-state index in [9.17, 15) is 9.18 Å². The highest BCUT2D eigenvalue weighted by Gasteiger charge is 2.46. The van der Waals surface area contributed by atoms with Crippen LogP contribution in [0.2, 0.25) is 0 Å². The van der Waals surface area contributed by atoms with Crippen LogP contribution in [0.3, 0.4) is 0 Å². The van der Waals surface area contributed by atoms with Crippen molar-refractivity contribution < 1.29 is 18.7 Å². The molecule has 4 rings (SSSR count). The summed E-state index contributed by atoms with van der Waals surface area (Å²) < 4.78 is 25.4. The number of hydrogen-bond acceptors (Lipinski definition) is 3. The van der Waals surface area contributed by atoms with Crippen LogP contribution < -0.4 is 0 Å². The average molecular weight is 375 g/mol. The number of piperidine rings is 1. The van der Waals surface area contributed by atoms with E-state index in [0.29, 0.717) is 5.92 Å². The summed E-state index contributed by atoms with van der Waals surface area (Å²) in [5.74, 6) is 1.14. The Morgan fingerprint density at radius 2 is 2.07 bits per heavy atom. The van der Waals surface area contributed by atoms with Crippen molar-refractivity contribution in [2.45, 2.75) is 50.5 Å². The molecule has 5 heteroatoms. The summed E-state index contributed by atoms with van der Waals surface area (Å²) in [5, 5.41) is 0. The third-order valence-electron chi connectivity index (χ3n) is 6.47. The van der Waals surface area contributed by atoms with Gasteiger partial charge in [-0.3, -0.25) is 4.79 Å². The van der Waals surface area contributed by atoms with Gasteiger partial charge in [-0.2, -0.15) is 0 Å². The number of amides is 1. The molecule has 0 bridgehead atoms. The normalized spacial score (nSPS) is 24.5. The SMILES string of the molecule is O=C(Cc1cccc(F)c1)N1CCC2(CC1)OCCC2CCOCC1CC1. The van der Waals surface area contributed by atoms with Gasteiger partial charge < -0.3 is 14.4 Å². The number of rotatable bonds is 7. The van der Waals surface area contributed by atoms with Crippen LogP contribution in [0.5, 0.6) is 0 Å². The van der Waals surface area contributed by atoms with Crippen LogP contribution in [-0.4, -0.2) is 49.3 Å². The van der Waals surface area contributed by atoms with E-state index < -0.39 is 0 Å². The first-order valence-corrected chi connectivity index (χ1v) is 10.4. The molecule has 148 valence electrons. The molecule has 0 N–H and O–H groups in total. The molecular formula is C22H30FNO3. The van der Waals surface area contributed by atoms with E-state index in [2.05, 4.69) is 0 Å². The van der Waals surface area contributed by atoms with Crippen molar-refractivity contribution in [2.75, 3.05) is 32.9 Å². The molecule has 0 radical (unpaired) electrons. The number of ether oxygens (including phenoxy) is 2. The van der Waals surface area contributed by atoms with Gasteiger partial charge in [-0.15, -0.1) is 0 Å². The molecule has 1 spiro atoms. The van der Waals surface area contributed by atoms with E-state index in [1.54, 1.807) is 6.07 Å². The minimum Gasteiger partial charge on any atom is -0.381 e. The summed E-state index contributed by atoms with van der Waals surface area (Å²) in [7, 11) is 0. The molecule has 1 amide bonds. The van der Waals surface area contributed by atoms with E-state index in [1.807, 2.05) is 11.0 Å². The van der Waals surface area contributed by atoms with Crippen LogP contribution in [0.25, 0.3) is 0 Å². The number of halogens is 1. The van der Waals surface area contributed by atoms with Gasteiger partial charge in [-0.05, 0) is 68.1 Å². The Balaban J connectivity index is 1.25. The maximum absolute atomic E-state index is 13.3. The molecule has 27 heavy (non-hydrogen) atoms. The number of likely N-dealkylation sites (tertiary alicyclic amines) is 1. The smallest absolute Gasteiger partial charge is 0.226 e. The van der Waals surface area contributed by atoms with E-state index in [-0.39, 0.29) is 23.7 Å². The van der Waals surface area contributed by atoms with Crippen molar-refractivity contribution in [2.24, 2.45) is 11.8 Å². The molecule has 2 aliphatic heterocycles. The highest BCUT2D eigenvalue weighted by atomic mass is 19.1. The zero-order chi connectivity index (χ0) is 18.7. The standard InChI is InChI=1S/C22H30FNO3/c23-20-3-1-2-18(14-20)15-21(25)24-10-8-22(9-11-24)19(7-13-27-22)6-12-26-16-17-4-5-17/h1-3,14,17,19H,4-13,15-16H2. The largest absolute Gasteiger partial charge is 0.381 e. The minimum atomic E-state index is -0.288. The average Bonchev–Trinajstić information content (AvgIpc) is 3.41. The van der Waals surface area contributed by atoms with Crippen LogP contribution in [0, 0.1) is 17.7 Å². The van der Waals surface area contributed by atoms with E-state index in [0.717, 1.165) is 70.1 Å². The van der Waals surface area contributed by atoms with Crippen molar-refractivity contribution in [3.8, 4) is 0 Å². The van der Waals surface area contributed by atoms with Gasteiger partial charge in [-0.1, -0.05) is 12.1 Å². The van der Waals surface area contributed by atoms with Crippen LogP contribution in [0.15, 0.2) is 24.3 Å². The summed E-state index contributed by atoms with van der Waals surface area (Å²) in [5.41, 5.74) is 0.668. The third kappa shape index (κ3) is 4.69. The lowest BCUT2D eigenvalue weighted by atomic mass is 9.78. The minimum absolute atomic E-state index is 0.0709. The van der Waals surface area contributed by atoms with Crippen molar-refractivity contribution in [3.05, 3.63) is 35.6 Å². The molecule has 3 aliphatic rings. The van der Waals surface area contributed by atoms with Crippen LogP contribution in [0.1, 0.15) is 44.1 Å². The Kier molecular flexibility index (Phi) is 5.79. The van der Waals surface area contributed by atoms with E-state index >= 15 is 0 Å². The first-order chi connectivity index (χ1) is 13.1. The van der Waals surface area contributed by atoms with E-state index in [1.165, 1.54) is 25.0 Å². The van der Waals surface area contributed by atoms with Gasteiger partial charge in [0.05, 0.1) is 12.0 Å². The lowest BCUT2D eigenvalue weighted by molar-refractivity contribution is -0.137. The predicted octanol–water partition coefficient (Wildman–Crippen LogP) is 3.58. The highest BCUT2D eigenvalue weighted by Crippen LogP contribution is 2.42. The zero-order valence-corrected chi connectivity index (χ0v) is 16.0. The Morgan fingerprint density at radius 3 is 2.81 bits per heavy atom. The first kappa shape index (κ1) is 18.9. The lowest BCUT2D eigenvalue weighted by Gasteiger charge is -2.42. The first-order valence-electron chi connectivity index (χ1n) is 10.4. The zero-order valence-electron chi connectivity index (χ0n) is 16.0. The van der Waals surface area contributed by atoms with Gasteiger partial charge in [0.1, 0.15) is 5.82 Å². The van der Waals surface area contributed by atoms with Crippen molar-refractivity contribution in [1.29, 1.82) is 0 Å². The van der Waals surface area contributed by atoms with Crippen molar-refractivity contribution in [1.82, 2.24) is 4.90 Å². The van der Waals surface area contributed by atoms with Crippen molar-refractivity contribution >= 4 is 5.91 Å². The molecule has 1 aliphatic carbocycles. The number of carbonyl (C=O) groups excluding carboxylic acids is 1. The van der Waals surface area contributed by atoms with E-state index in [4.69, 9.17) is 9.47 Å². The quantitative estimate of drug-likeness (QED) is 0.684. The Hall–Kier alpha value is -1.46. The Morgan fingerprint density at radius 1 is 1.26 bits per heavy atom. The number of nitrogens with zero attached hydrogens (tertiary/aromatic N) is 1.